The first-order chi connectivity index (χ1) is 9.25. The fraction of sp³-hybridized carbons (Fsp3) is 0.333. The molecule has 0 saturated carbocycles. The minimum atomic E-state index is -2.63. The molecule has 20 heavy (non-hydrogen) atoms. The second-order valence-corrected chi connectivity index (χ2v) is 5.24. The van der Waals surface area contributed by atoms with Gasteiger partial charge in [0.1, 0.15) is 0 Å². The zero-order chi connectivity index (χ0) is 15.1. The molecule has 0 aliphatic heterocycles. The van der Waals surface area contributed by atoms with Gasteiger partial charge in [-0.05, 0) is 13.8 Å². The Kier molecular flexibility index (Phi) is 3.28. The molecule has 5 nitrogen and oxygen atoms in total. The number of ketones is 1. The molecule has 5 heteroatoms. The lowest BCUT2D eigenvalue weighted by Gasteiger charge is -2.32. The van der Waals surface area contributed by atoms with E-state index in [1.165, 1.54) is 24.3 Å². The standard InChI is InChI=1S/C15H16O5/c1-9(2)7-8-14(19)12(16)10-5-3-4-6-11(10)15(14,20)13(17)18/h3-7,19-20H,8H2,1-2H3,(H,17,18)/t14-,15+/m1/s1. The molecule has 3 N–H and O–H groups in total. The van der Waals surface area contributed by atoms with Crippen LogP contribution in [0.3, 0.4) is 0 Å². The van der Waals surface area contributed by atoms with Crippen molar-refractivity contribution < 1.29 is 24.9 Å². The third kappa shape index (κ3) is 1.71. The SMILES string of the molecule is CC(C)=CC[C@@]1(O)C(=O)c2ccccc2[C@]1(O)C(=O)O. The van der Waals surface area contributed by atoms with Crippen molar-refractivity contribution in [2.75, 3.05) is 0 Å². The summed E-state index contributed by atoms with van der Waals surface area (Å²) >= 11 is 0. The summed E-state index contributed by atoms with van der Waals surface area (Å²) in [6.07, 6.45) is 1.28. The number of carbonyl (C=O) groups is 2. The predicted molar refractivity (Wildman–Crippen MR) is 71.3 cm³/mol. The molecule has 1 aliphatic rings. The number of aliphatic hydroxyl groups is 2. The van der Waals surface area contributed by atoms with E-state index in [9.17, 15) is 24.9 Å². The fourth-order valence-corrected chi connectivity index (χ4v) is 2.49. The van der Waals surface area contributed by atoms with Crippen molar-refractivity contribution in [3.8, 4) is 0 Å². The first-order valence-electron chi connectivity index (χ1n) is 6.21. The van der Waals surface area contributed by atoms with Crippen molar-refractivity contribution in [2.24, 2.45) is 0 Å². The van der Waals surface area contributed by atoms with Crippen molar-refractivity contribution >= 4 is 11.8 Å². The Labute approximate surface area is 116 Å². The molecule has 0 saturated heterocycles. The van der Waals surface area contributed by atoms with Crippen molar-refractivity contribution in [3.05, 3.63) is 47.0 Å². The number of allylic oxidation sites excluding steroid dienone is 1. The van der Waals surface area contributed by atoms with Crippen molar-refractivity contribution in [1.82, 2.24) is 0 Å². The number of carboxylic acid groups (broad SMARTS) is 1. The third-order valence-electron chi connectivity index (χ3n) is 3.65. The Balaban J connectivity index is 2.67. The zero-order valence-corrected chi connectivity index (χ0v) is 11.3. The molecule has 1 aromatic rings. The van der Waals surface area contributed by atoms with Crippen LogP contribution in [0.2, 0.25) is 0 Å². The highest BCUT2D eigenvalue weighted by atomic mass is 16.4. The largest absolute Gasteiger partial charge is 0.479 e. The fourth-order valence-electron chi connectivity index (χ4n) is 2.49. The summed E-state index contributed by atoms with van der Waals surface area (Å²) in [6.45, 7) is 3.52. The van der Waals surface area contributed by atoms with Crippen LogP contribution in [-0.2, 0) is 10.4 Å². The lowest BCUT2D eigenvalue weighted by atomic mass is 9.80. The Morgan fingerprint density at radius 2 is 1.85 bits per heavy atom. The maximum atomic E-state index is 12.3. The van der Waals surface area contributed by atoms with Crippen molar-refractivity contribution in [1.29, 1.82) is 0 Å². The van der Waals surface area contributed by atoms with Gasteiger partial charge in [-0.3, -0.25) is 4.79 Å². The van der Waals surface area contributed by atoms with E-state index in [-0.39, 0.29) is 17.5 Å². The molecule has 106 valence electrons. The van der Waals surface area contributed by atoms with Crippen LogP contribution in [0.5, 0.6) is 0 Å². The molecule has 0 radical (unpaired) electrons. The number of fused-ring (bicyclic) bond motifs is 1. The van der Waals surface area contributed by atoms with Crippen LogP contribution >= 0.6 is 0 Å². The number of carboxylic acids is 1. The van der Waals surface area contributed by atoms with Gasteiger partial charge in [0, 0.05) is 17.5 Å². The maximum Gasteiger partial charge on any atom is 0.344 e. The normalized spacial score (nSPS) is 28.1. The summed E-state index contributed by atoms with van der Waals surface area (Å²) in [6, 6.07) is 5.84. The average molecular weight is 276 g/mol. The summed E-state index contributed by atoms with van der Waals surface area (Å²) in [7, 11) is 0. The highest BCUT2D eigenvalue weighted by Gasteiger charge is 2.66. The second kappa shape index (κ2) is 4.54. The van der Waals surface area contributed by atoms with Gasteiger partial charge < -0.3 is 15.3 Å². The minimum absolute atomic E-state index is 0.0436. The molecule has 0 aromatic heterocycles. The Hall–Kier alpha value is -1.98. The minimum Gasteiger partial charge on any atom is -0.479 e. The van der Waals surface area contributed by atoms with E-state index in [4.69, 9.17) is 0 Å². The van der Waals surface area contributed by atoms with Crippen LogP contribution in [0.4, 0.5) is 0 Å². The van der Waals surface area contributed by atoms with E-state index >= 15 is 0 Å². The summed E-state index contributed by atoms with van der Waals surface area (Å²) < 4.78 is 0. The number of aliphatic carboxylic acids is 1. The van der Waals surface area contributed by atoms with Gasteiger partial charge in [-0.15, -0.1) is 0 Å². The Morgan fingerprint density at radius 3 is 2.40 bits per heavy atom. The first-order valence-corrected chi connectivity index (χ1v) is 6.21. The number of hydrogen-bond donors (Lipinski definition) is 3. The maximum absolute atomic E-state index is 12.3. The van der Waals surface area contributed by atoms with Crippen LogP contribution in [-0.4, -0.2) is 32.7 Å². The van der Waals surface area contributed by atoms with Gasteiger partial charge in [-0.2, -0.15) is 0 Å². The molecule has 2 rings (SSSR count). The molecule has 1 aromatic carbocycles. The summed E-state index contributed by atoms with van der Waals surface area (Å²) in [4.78, 5) is 23.9. The van der Waals surface area contributed by atoms with Crippen LogP contribution in [0.15, 0.2) is 35.9 Å². The summed E-state index contributed by atoms with van der Waals surface area (Å²) in [5.41, 5.74) is -4.23. The van der Waals surface area contributed by atoms with Crippen LogP contribution in [0, 0.1) is 0 Å². The smallest absolute Gasteiger partial charge is 0.344 e. The van der Waals surface area contributed by atoms with Crippen molar-refractivity contribution in [3.63, 3.8) is 0 Å². The van der Waals surface area contributed by atoms with Crippen molar-refractivity contribution in [2.45, 2.75) is 31.5 Å². The van der Waals surface area contributed by atoms with Gasteiger partial charge in [0.05, 0.1) is 0 Å². The highest BCUT2D eigenvalue weighted by Crippen LogP contribution is 2.46. The molecule has 0 spiro atoms. The molecule has 0 fully saturated rings. The third-order valence-corrected chi connectivity index (χ3v) is 3.65. The number of benzene rings is 1. The molecule has 0 bridgehead atoms. The summed E-state index contributed by atoms with van der Waals surface area (Å²) in [5, 5.41) is 30.5. The van der Waals surface area contributed by atoms with Crippen LogP contribution in [0.25, 0.3) is 0 Å². The van der Waals surface area contributed by atoms with E-state index in [1.807, 2.05) is 0 Å². The molecule has 2 atom stereocenters. The van der Waals surface area contributed by atoms with Crippen LogP contribution in [0.1, 0.15) is 36.2 Å². The van der Waals surface area contributed by atoms with E-state index in [0.717, 1.165) is 5.57 Å². The molecule has 0 amide bonds. The van der Waals surface area contributed by atoms with Gasteiger partial charge in [0.15, 0.2) is 11.4 Å². The van der Waals surface area contributed by atoms with E-state index in [2.05, 4.69) is 0 Å². The molecule has 1 aliphatic carbocycles. The van der Waals surface area contributed by atoms with Crippen LogP contribution < -0.4 is 0 Å². The first kappa shape index (κ1) is 14.4. The molecule has 0 unspecified atom stereocenters. The molecule has 0 heterocycles. The Morgan fingerprint density at radius 1 is 1.25 bits per heavy atom. The highest BCUT2D eigenvalue weighted by molar-refractivity contribution is 6.13. The quantitative estimate of drug-likeness (QED) is 0.722. The number of rotatable bonds is 3. The van der Waals surface area contributed by atoms with Gasteiger partial charge in [0.25, 0.3) is 0 Å². The number of hydrogen-bond acceptors (Lipinski definition) is 4. The summed E-state index contributed by atoms with van der Waals surface area (Å²) in [5.74, 6) is -2.41. The van der Waals surface area contributed by atoms with Gasteiger partial charge in [-0.1, -0.05) is 35.9 Å². The zero-order valence-electron chi connectivity index (χ0n) is 11.3. The van der Waals surface area contributed by atoms with Gasteiger partial charge >= 0.3 is 5.97 Å². The molecular formula is C15H16O5. The van der Waals surface area contributed by atoms with E-state index in [0.29, 0.717) is 0 Å². The van der Waals surface area contributed by atoms with E-state index in [1.54, 1.807) is 19.9 Å². The topological polar surface area (TPSA) is 94.8 Å². The van der Waals surface area contributed by atoms with Gasteiger partial charge in [-0.25, -0.2) is 4.79 Å². The lowest BCUT2D eigenvalue weighted by molar-refractivity contribution is -0.183. The monoisotopic (exact) mass is 276 g/mol. The number of carbonyl (C=O) groups excluding carboxylic acids is 1. The predicted octanol–water partition coefficient (Wildman–Crippen LogP) is 1.24. The Bertz CT molecular complexity index is 614. The second-order valence-electron chi connectivity index (χ2n) is 5.24. The average Bonchev–Trinajstić information content (AvgIpc) is 2.58. The van der Waals surface area contributed by atoms with E-state index < -0.39 is 23.0 Å². The lowest BCUT2D eigenvalue weighted by Crippen LogP contribution is -2.56. The number of Topliss-reactive ketones (excluding diaryl/α,β-unsaturated/α-hetero) is 1. The van der Waals surface area contributed by atoms with Gasteiger partial charge in [0.2, 0.25) is 5.60 Å². The molecular weight excluding hydrogens is 260 g/mol.